The van der Waals surface area contributed by atoms with Gasteiger partial charge in [0.25, 0.3) is 0 Å². The highest BCUT2D eigenvalue weighted by molar-refractivity contribution is 6.28. The lowest BCUT2D eigenvalue weighted by atomic mass is 9.71. The van der Waals surface area contributed by atoms with Crippen LogP contribution in [0.4, 0.5) is 34.1 Å². The average molecular weight is 849 g/mol. The Kier molecular flexibility index (Phi) is 7.16. The second-order valence-electron chi connectivity index (χ2n) is 21.7. The molecule has 2 aliphatic heterocycles. The lowest BCUT2D eigenvalue weighted by molar-refractivity contribution is 0.627. The molecule has 2 nitrogen and oxygen atoms in total. The minimum absolute atomic E-state index is 0.118. The van der Waals surface area contributed by atoms with Crippen LogP contribution in [0.2, 0.25) is 0 Å². The number of nitrogens with zero attached hydrogens (tertiary/aromatic N) is 2. The predicted molar refractivity (Wildman–Crippen MR) is 279 cm³/mol. The van der Waals surface area contributed by atoms with Gasteiger partial charge in [-0.25, -0.2) is 0 Å². The molecule has 2 heteroatoms. The number of fused-ring (bicyclic) bond motifs is 10. The van der Waals surface area contributed by atoms with Crippen LogP contribution in [0.5, 0.6) is 0 Å². The Hall–Kier alpha value is -7.16. The largest absolute Gasteiger partial charge is 0.309 e. The summed E-state index contributed by atoms with van der Waals surface area (Å²) in [7, 11) is 0. The number of para-hydroxylation sites is 2. The zero-order valence-corrected chi connectivity index (χ0v) is 39.1. The van der Waals surface area contributed by atoms with E-state index in [1.807, 2.05) is 0 Å². The molecule has 10 aromatic rings. The van der Waals surface area contributed by atoms with Gasteiger partial charge in [0.2, 0.25) is 0 Å². The first kappa shape index (κ1) is 38.1. The number of rotatable bonds is 2. The van der Waals surface area contributed by atoms with Crippen molar-refractivity contribution in [2.24, 2.45) is 0 Å². The lowest BCUT2D eigenvalue weighted by Gasteiger charge is -2.43. The number of anilines is 6. The molecule has 2 heterocycles. The minimum Gasteiger partial charge on any atom is -0.309 e. The van der Waals surface area contributed by atoms with Gasteiger partial charge >= 0.3 is 0 Å². The molecule has 0 spiro atoms. The molecule has 0 saturated heterocycles. The third-order valence-electron chi connectivity index (χ3n) is 17.0. The van der Waals surface area contributed by atoms with Crippen LogP contribution in [-0.4, -0.2) is 0 Å². The second kappa shape index (κ2) is 12.4. The molecule has 0 aromatic heterocycles. The zero-order valence-electron chi connectivity index (χ0n) is 39.1. The summed E-state index contributed by atoms with van der Waals surface area (Å²) in [4.78, 5) is 5.20. The maximum absolute atomic E-state index is 2.60. The topological polar surface area (TPSA) is 6.48 Å². The van der Waals surface area contributed by atoms with Crippen LogP contribution in [-0.2, 0) is 21.7 Å². The normalized spacial score (nSPS) is 17.2. The highest BCUT2D eigenvalue weighted by Crippen LogP contribution is 2.61. The monoisotopic (exact) mass is 848 g/mol. The smallest absolute Gasteiger partial charge is 0.0540 e. The maximum Gasteiger partial charge on any atom is 0.0540 e. The first-order chi connectivity index (χ1) is 31.8. The van der Waals surface area contributed by atoms with E-state index in [0.29, 0.717) is 0 Å². The van der Waals surface area contributed by atoms with Gasteiger partial charge in [-0.2, -0.15) is 0 Å². The molecule has 0 unspecified atom stereocenters. The molecule has 2 aliphatic carbocycles. The predicted octanol–water partition coefficient (Wildman–Crippen LogP) is 17.4. The Morgan fingerprint density at radius 1 is 0.258 bits per heavy atom. The summed E-state index contributed by atoms with van der Waals surface area (Å²) in [5, 5.41) is 7.70. The highest BCUT2D eigenvalue weighted by atomic mass is 15.2. The van der Waals surface area contributed by atoms with Gasteiger partial charge in [-0.3, -0.25) is 0 Å². The summed E-state index contributed by atoms with van der Waals surface area (Å²) in [5.41, 5.74) is 23.3. The molecule has 0 fully saturated rings. The van der Waals surface area contributed by atoms with Crippen LogP contribution in [0, 0.1) is 0 Å². The summed E-state index contributed by atoms with van der Waals surface area (Å²) in [6, 6.07) is 65.5. The summed E-state index contributed by atoms with van der Waals surface area (Å²) < 4.78 is 0. The summed E-state index contributed by atoms with van der Waals surface area (Å²) in [6.07, 6.45) is 0. The fraction of sp³-hybridized carbons (Fsp3) is 0.188. The zero-order chi connectivity index (χ0) is 44.8. The highest BCUT2D eigenvalue weighted by Gasteiger charge is 2.44. The van der Waals surface area contributed by atoms with Crippen LogP contribution in [0.15, 0.2) is 170 Å². The Balaban J connectivity index is 1.02. The maximum atomic E-state index is 2.60. The molecule has 0 saturated carbocycles. The molecule has 14 rings (SSSR count). The minimum atomic E-state index is -0.203. The molecule has 318 valence electrons. The van der Waals surface area contributed by atoms with E-state index >= 15 is 0 Å². The molecule has 66 heavy (non-hydrogen) atoms. The van der Waals surface area contributed by atoms with Crippen LogP contribution >= 0.6 is 0 Å². The van der Waals surface area contributed by atoms with Crippen molar-refractivity contribution in [2.45, 2.75) is 77.0 Å². The van der Waals surface area contributed by atoms with E-state index in [-0.39, 0.29) is 21.7 Å². The van der Waals surface area contributed by atoms with E-state index in [0.717, 1.165) is 0 Å². The van der Waals surface area contributed by atoms with Gasteiger partial charge in [-0.05, 0) is 137 Å². The average Bonchev–Trinajstić information content (AvgIpc) is 3.69. The van der Waals surface area contributed by atoms with Gasteiger partial charge in [-0.1, -0.05) is 177 Å². The number of benzene rings is 10. The van der Waals surface area contributed by atoms with Crippen LogP contribution in [0.1, 0.15) is 99.9 Å². The molecule has 0 N–H and O–H groups in total. The van der Waals surface area contributed by atoms with Gasteiger partial charge < -0.3 is 9.80 Å². The lowest BCUT2D eigenvalue weighted by Crippen LogP contribution is -2.31. The summed E-state index contributed by atoms with van der Waals surface area (Å²) >= 11 is 0. The van der Waals surface area contributed by atoms with Crippen molar-refractivity contribution in [2.75, 3.05) is 9.80 Å². The molecule has 0 bridgehead atoms. The molecule has 4 aliphatic rings. The number of hydrogen-bond donors (Lipinski definition) is 0. The van der Waals surface area contributed by atoms with E-state index in [9.17, 15) is 0 Å². The molecule has 0 amide bonds. The third-order valence-corrected chi connectivity index (χ3v) is 17.0. The van der Waals surface area contributed by atoms with Crippen LogP contribution in [0.3, 0.4) is 0 Å². The summed E-state index contributed by atoms with van der Waals surface area (Å²) in [6.45, 7) is 19.3. The van der Waals surface area contributed by atoms with Crippen molar-refractivity contribution in [3.63, 3.8) is 0 Å². The fourth-order valence-electron chi connectivity index (χ4n) is 13.5. The van der Waals surface area contributed by atoms with Crippen LogP contribution in [0.25, 0.3) is 54.6 Å². The van der Waals surface area contributed by atoms with Gasteiger partial charge in [0.05, 0.1) is 34.1 Å². The standard InChI is InChI=1S/C64H52N2/c1-61(2)45-19-11-9-17-39(45)43-33-51-57(35-49(43)61)65(55-23-15-13-21-47(55)63(51,5)6)53-31-27-37-26-30-42-54(32-28-38-25-29-41(53)59(37)60(38)42)66-56-24-16-14-22-48(56)64(7,8)52-34-44-40-18-10-12-20-46(40)62(3,4)50(44)36-58(52)66/h9-36H,1-8H3. The third kappa shape index (κ3) is 4.57. The Morgan fingerprint density at radius 2 is 0.606 bits per heavy atom. The molecular weight excluding hydrogens is 797 g/mol. The Morgan fingerprint density at radius 3 is 1.03 bits per heavy atom. The van der Waals surface area contributed by atoms with Crippen molar-refractivity contribution in [3.8, 4) is 22.3 Å². The molecule has 10 aromatic carbocycles. The van der Waals surface area contributed by atoms with Crippen molar-refractivity contribution in [1.82, 2.24) is 0 Å². The first-order valence-electron chi connectivity index (χ1n) is 23.9. The van der Waals surface area contributed by atoms with Crippen molar-refractivity contribution in [1.29, 1.82) is 0 Å². The second-order valence-corrected chi connectivity index (χ2v) is 21.7. The van der Waals surface area contributed by atoms with Crippen molar-refractivity contribution < 1.29 is 0 Å². The molecule has 0 radical (unpaired) electrons. The van der Waals surface area contributed by atoms with Gasteiger partial charge in [0.15, 0.2) is 0 Å². The van der Waals surface area contributed by atoms with Gasteiger partial charge in [0.1, 0.15) is 0 Å². The van der Waals surface area contributed by atoms with Crippen molar-refractivity contribution in [3.05, 3.63) is 214 Å². The SMILES string of the molecule is CC1(C)c2ccccc2-c2cc3c(cc21)N(c1ccc2ccc4c(N5c6ccccc6C(C)(C)c6cc7c(cc65)C(C)(C)c5ccccc5-7)ccc5ccc1c2c54)c1ccccc1C3(C)C. The van der Waals surface area contributed by atoms with Gasteiger partial charge in [0, 0.05) is 32.4 Å². The van der Waals surface area contributed by atoms with Crippen molar-refractivity contribution >= 4 is 66.4 Å². The van der Waals surface area contributed by atoms with E-state index in [1.54, 1.807) is 0 Å². The molecular formula is C64H52N2. The summed E-state index contributed by atoms with van der Waals surface area (Å²) in [5.74, 6) is 0. The molecule has 0 atom stereocenters. The fourth-order valence-corrected chi connectivity index (χ4v) is 13.5. The van der Waals surface area contributed by atoms with Crippen LogP contribution < -0.4 is 9.80 Å². The van der Waals surface area contributed by atoms with E-state index in [4.69, 9.17) is 0 Å². The van der Waals surface area contributed by atoms with Gasteiger partial charge in [-0.15, -0.1) is 0 Å². The van der Waals surface area contributed by atoms with E-state index < -0.39 is 0 Å². The number of hydrogen-bond acceptors (Lipinski definition) is 2. The Labute approximate surface area is 388 Å². The first-order valence-corrected chi connectivity index (χ1v) is 23.9. The van der Waals surface area contributed by atoms with E-state index in [2.05, 4.69) is 235 Å². The Bertz CT molecular complexity index is 3530. The van der Waals surface area contributed by atoms with E-state index in [1.165, 1.54) is 133 Å². The quantitative estimate of drug-likeness (QED) is 0.160.